The van der Waals surface area contributed by atoms with Crippen molar-refractivity contribution in [2.75, 3.05) is 11.9 Å². The van der Waals surface area contributed by atoms with E-state index in [1.54, 1.807) is 0 Å². The van der Waals surface area contributed by atoms with Gasteiger partial charge in [0.15, 0.2) is 0 Å². The molecule has 3 aromatic rings. The summed E-state index contributed by atoms with van der Waals surface area (Å²) in [7, 11) is 0. The molecule has 0 bridgehead atoms. The fourth-order valence-electron chi connectivity index (χ4n) is 3.04. The minimum atomic E-state index is 0.344. The van der Waals surface area contributed by atoms with Crippen LogP contribution in [0.2, 0.25) is 0 Å². The first-order chi connectivity index (χ1) is 10.4. The molecule has 0 aliphatic carbocycles. The van der Waals surface area contributed by atoms with Gasteiger partial charge in [-0.2, -0.15) is 5.10 Å². The van der Waals surface area contributed by atoms with Crippen LogP contribution in [0.25, 0.3) is 10.9 Å². The molecule has 1 aromatic heterocycles. The van der Waals surface area contributed by atoms with Crippen LogP contribution in [0.5, 0.6) is 0 Å². The van der Waals surface area contributed by atoms with Crippen molar-refractivity contribution >= 4 is 16.6 Å². The third kappa shape index (κ3) is 2.38. The molecule has 0 radical (unpaired) electrons. The van der Waals surface area contributed by atoms with Crippen LogP contribution in [0.15, 0.2) is 48.7 Å². The fourth-order valence-corrected chi connectivity index (χ4v) is 3.04. The molecule has 0 saturated heterocycles. The molecule has 0 amide bonds. The van der Waals surface area contributed by atoms with Crippen molar-refractivity contribution in [1.29, 1.82) is 0 Å². The number of hydrogen-bond acceptors (Lipinski definition) is 3. The topological polar surface area (TPSA) is 52.7 Å². The highest BCUT2D eigenvalue weighted by atomic mass is 15.1. The van der Waals surface area contributed by atoms with Crippen LogP contribution in [-0.4, -0.2) is 16.7 Å². The molecule has 4 nitrogen and oxygen atoms in total. The van der Waals surface area contributed by atoms with Crippen LogP contribution in [-0.2, 0) is 6.54 Å². The zero-order valence-electron chi connectivity index (χ0n) is 11.8. The molecule has 1 atom stereocenters. The highest BCUT2D eigenvalue weighted by Crippen LogP contribution is 2.28. The Morgan fingerprint density at radius 1 is 1.14 bits per heavy atom. The van der Waals surface area contributed by atoms with Crippen molar-refractivity contribution in [2.24, 2.45) is 0 Å². The highest BCUT2D eigenvalue weighted by molar-refractivity contribution is 5.81. The summed E-state index contributed by atoms with van der Waals surface area (Å²) in [6.45, 7) is 1.98. The second-order valence-corrected chi connectivity index (χ2v) is 5.53. The molecule has 0 spiro atoms. The van der Waals surface area contributed by atoms with Crippen LogP contribution >= 0.6 is 0 Å². The number of fused-ring (bicyclic) bond motifs is 2. The van der Waals surface area contributed by atoms with Crippen LogP contribution in [0.3, 0.4) is 0 Å². The molecule has 0 fully saturated rings. The number of nitrogens with one attached hydrogen (secondary N) is 3. The summed E-state index contributed by atoms with van der Waals surface area (Å²) in [5, 5.41) is 15.4. The van der Waals surface area contributed by atoms with Crippen molar-refractivity contribution in [1.82, 2.24) is 15.5 Å². The first-order valence-electron chi connectivity index (χ1n) is 7.38. The lowest BCUT2D eigenvalue weighted by Crippen LogP contribution is -2.15. The van der Waals surface area contributed by atoms with E-state index in [0.29, 0.717) is 6.04 Å². The van der Waals surface area contributed by atoms with E-state index < -0.39 is 0 Å². The van der Waals surface area contributed by atoms with Crippen LogP contribution in [0.4, 0.5) is 5.69 Å². The zero-order valence-corrected chi connectivity index (χ0v) is 11.8. The van der Waals surface area contributed by atoms with Gasteiger partial charge in [-0.05, 0) is 42.3 Å². The molecule has 4 rings (SSSR count). The Morgan fingerprint density at radius 2 is 2.10 bits per heavy atom. The molecule has 4 heteroatoms. The number of benzene rings is 2. The minimum absolute atomic E-state index is 0.344. The predicted octanol–water partition coefficient (Wildman–Crippen LogP) is 3.21. The van der Waals surface area contributed by atoms with Gasteiger partial charge in [0.1, 0.15) is 0 Å². The Kier molecular flexibility index (Phi) is 3.09. The quantitative estimate of drug-likeness (QED) is 0.674. The van der Waals surface area contributed by atoms with Gasteiger partial charge in [-0.3, -0.25) is 5.10 Å². The monoisotopic (exact) mass is 278 g/mol. The van der Waals surface area contributed by atoms with Crippen LogP contribution < -0.4 is 10.6 Å². The molecule has 1 unspecified atom stereocenters. The minimum Gasteiger partial charge on any atom is -0.378 e. The van der Waals surface area contributed by atoms with Gasteiger partial charge in [-0.25, -0.2) is 0 Å². The summed E-state index contributed by atoms with van der Waals surface area (Å²) in [5.74, 6) is 0. The lowest BCUT2D eigenvalue weighted by molar-refractivity contribution is 0.637. The van der Waals surface area contributed by atoms with Crippen LogP contribution in [0.1, 0.15) is 23.6 Å². The van der Waals surface area contributed by atoms with E-state index >= 15 is 0 Å². The van der Waals surface area contributed by atoms with Crippen LogP contribution in [0, 0.1) is 0 Å². The van der Waals surface area contributed by atoms with Gasteiger partial charge in [0.2, 0.25) is 0 Å². The maximum atomic E-state index is 4.08. The third-order valence-corrected chi connectivity index (χ3v) is 4.14. The average Bonchev–Trinajstić information content (AvgIpc) is 2.89. The number of aromatic nitrogens is 2. The molecular weight excluding hydrogens is 260 g/mol. The van der Waals surface area contributed by atoms with Gasteiger partial charge in [0.25, 0.3) is 0 Å². The number of anilines is 1. The van der Waals surface area contributed by atoms with Crippen molar-refractivity contribution in [3.8, 4) is 0 Å². The summed E-state index contributed by atoms with van der Waals surface area (Å²) in [6.07, 6.45) is 2.93. The van der Waals surface area contributed by atoms with E-state index in [2.05, 4.69) is 63.3 Å². The summed E-state index contributed by atoms with van der Waals surface area (Å²) in [5.41, 5.74) is 4.98. The Balaban J connectivity index is 1.66. The van der Waals surface area contributed by atoms with Gasteiger partial charge in [0.05, 0.1) is 17.8 Å². The van der Waals surface area contributed by atoms with E-state index in [1.807, 2.05) is 6.20 Å². The molecule has 106 valence electrons. The Hall–Kier alpha value is -2.33. The maximum Gasteiger partial charge on any atom is 0.0670 e. The molecular formula is C17H18N4. The largest absolute Gasteiger partial charge is 0.378 e. The molecule has 1 aliphatic heterocycles. The van der Waals surface area contributed by atoms with E-state index in [-0.39, 0.29) is 0 Å². The normalized spacial score (nSPS) is 18.2. The second kappa shape index (κ2) is 5.22. The number of aromatic amines is 1. The summed E-state index contributed by atoms with van der Waals surface area (Å²) >= 11 is 0. The molecule has 2 heterocycles. The van der Waals surface area contributed by atoms with E-state index in [1.165, 1.54) is 11.1 Å². The highest BCUT2D eigenvalue weighted by Gasteiger charge is 2.17. The zero-order chi connectivity index (χ0) is 14.1. The standard InChI is InChI=1S/C17H18N4/c1-2-4-15-12(3-1)10-18-8-7-16(15)20-14-6-5-13-11-19-21-17(13)9-14/h1-6,9,11,16,18,20H,7-8,10H2,(H,19,21). The molecule has 21 heavy (non-hydrogen) atoms. The summed E-state index contributed by atoms with van der Waals surface area (Å²) < 4.78 is 0. The van der Waals surface area contributed by atoms with Gasteiger partial charge in [-0.1, -0.05) is 24.3 Å². The fraction of sp³-hybridized carbons (Fsp3) is 0.235. The average molecular weight is 278 g/mol. The molecule has 0 saturated carbocycles. The second-order valence-electron chi connectivity index (χ2n) is 5.53. The Labute approximate surface area is 123 Å². The summed E-state index contributed by atoms with van der Waals surface area (Å²) in [4.78, 5) is 0. The number of H-pyrrole nitrogens is 1. The van der Waals surface area contributed by atoms with Gasteiger partial charge < -0.3 is 10.6 Å². The molecule has 3 N–H and O–H groups in total. The predicted molar refractivity (Wildman–Crippen MR) is 85.2 cm³/mol. The first-order valence-corrected chi connectivity index (χ1v) is 7.38. The third-order valence-electron chi connectivity index (χ3n) is 4.14. The van der Waals surface area contributed by atoms with Crippen molar-refractivity contribution in [3.63, 3.8) is 0 Å². The maximum absolute atomic E-state index is 4.08. The number of hydrogen-bond donors (Lipinski definition) is 3. The SMILES string of the molecule is c1ccc2c(c1)CNCCC2Nc1ccc2cn[nH]c2c1. The molecule has 2 aromatic carbocycles. The van der Waals surface area contributed by atoms with E-state index in [9.17, 15) is 0 Å². The Morgan fingerprint density at radius 3 is 3.10 bits per heavy atom. The lowest BCUT2D eigenvalue weighted by atomic mass is 9.99. The van der Waals surface area contributed by atoms with E-state index in [0.717, 1.165) is 36.1 Å². The number of nitrogens with zero attached hydrogens (tertiary/aromatic N) is 1. The molecule has 1 aliphatic rings. The van der Waals surface area contributed by atoms with Crippen molar-refractivity contribution in [2.45, 2.75) is 19.0 Å². The number of rotatable bonds is 2. The lowest BCUT2D eigenvalue weighted by Gasteiger charge is -2.20. The smallest absolute Gasteiger partial charge is 0.0670 e. The first kappa shape index (κ1) is 12.4. The van der Waals surface area contributed by atoms with E-state index in [4.69, 9.17) is 0 Å². The van der Waals surface area contributed by atoms with Crippen molar-refractivity contribution in [3.05, 3.63) is 59.8 Å². The van der Waals surface area contributed by atoms with Crippen molar-refractivity contribution < 1.29 is 0 Å². The van der Waals surface area contributed by atoms with Gasteiger partial charge in [-0.15, -0.1) is 0 Å². The Bertz CT molecular complexity index is 762. The van der Waals surface area contributed by atoms with Gasteiger partial charge in [0, 0.05) is 17.6 Å². The van der Waals surface area contributed by atoms with Gasteiger partial charge >= 0.3 is 0 Å². The summed E-state index contributed by atoms with van der Waals surface area (Å²) in [6, 6.07) is 15.4.